The van der Waals surface area contributed by atoms with Crippen molar-refractivity contribution in [1.82, 2.24) is 14.9 Å². The average molecular weight is 422 g/mol. The zero-order chi connectivity index (χ0) is 22.4. The van der Waals surface area contributed by atoms with Crippen LogP contribution in [0.2, 0.25) is 0 Å². The minimum absolute atomic E-state index is 0.0549. The van der Waals surface area contributed by atoms with E-state index in [1.807, 2.05) is 39.0 Å². The van der Waals surface area contributed by atoms with Gasteiger partial charge in [-0.1, -0.05) is 58.9 Å². The second kappa shape index (κ2) is 9.99. The number of nitrogens with zero attached hydrogens (tertiary/aromatic N) is 2. The number of nitrogens with one attached hydrogen (secondary N) is 1. The van der Waals surface area contributed by atoms with Gasteiger partial charge in [0.15, 0.2) is 0 Å². The van der Waals surface area contributed by atoms with Crippen LogP contribution in [0.25, 0.3) is 11.0 Å². The minimum Gasteiger partial charge on any atom is -0.492 e. The Morgan fingerprint density at radius 3 is 2.52 bits per heavy atom. The minimum atomic E-state index is -0.390. The van der Waals surface area contributed by atoms with Crippen molar-refractivity contribution >= 4 is 16.9 Å². The molecule has 0 radical (unpaired) electrons. The van der Waals surface area contributed by atoms with Crippen LogP contribution in [0.15, 0.2) is 48.5 Å². The van der Waals surface area contributed by atoms with Crippen LogP contribution >= 0.6 is 0 Å². The van der Waals surface area contributed by atoms with Gasteiger partial charge in [-0.3, -0.25) is 4.79 Å². The van der Waals surface area contributed by atoms with Crippen LogP contribution in [-0.2, 0) is 17.8 Å². The van der Waals surface area contributed by atoms with E-state index >= 15 is 0 Å². The number of aromatic nitrogens is 2. The molecule has 0 spiro atoms. The zero-order valence-corrected chi connectivity index (χ0v) is 19.4. The van der Waals surface area contributed by atoms with Gasteiger partial charge >= 0.3 is 0 Å². The number of ether oxygens (including phenoxy) is 1. The quantitative estimate of drug-likeness (QED) is 0.508. The van der Waals surface area contributed by atoms with E-state index in [2.05, 4.69) is 54.1 Å². The van der Waals surface area contributed by atoms with Crippen molar-refractivity contribution in [2.45, 2.75) is 59.9 Å². The molecule has 1 heterocycles. The number of imidazole rings is 1. The summed E-state index contributed by atoms with van der Waals surface area (Å²) >= 11 is 0. The molecule has 3 aromatic rings. The van der Waals surface area contributed by atoms with E-state index in [4.69, 9.17) is 9.72 Å². The molecule has 166 valence electrons. The van der Waals surface area contributed by atoms with Gasteiger partial charge < -0.3 is 14.6 Å². The summed E-state index contributed by atoms with van der Waals surface area (Å²) < 4.78 is 8.22. The lowest BCUT2D eigenvalue weighted by Crippen LogP contribution is -2.36. The molecule has 1 aromatic heterocycles. The largest absolute Gasteiger partial charge is 0.492 e. The van der Waals surface area contributed by atoms with Crippen molar-refractivity contribution in [2.24, 2.45) is 5.41 Å². The Labute approximate surface area is 185 Å². The number of para-hydroxylation sites is 2. The van der Waals surface area contributed by atoms with Crippen molar-refractivity contribution in [3.63, 3.8) is 0 Å². The van der Waals surface area contributed by atoms with E-state index in [0.29, 0.717) is 32.0 Å². The first-order chi connectivity index (χ1) is 14.8. The maximum atomic E-state index is 12.2. The third kappa shape index (κ3) is 5.87. The number of amides is 1. The van der Waals surface area contributed by atoms with Gasteiger partial charge in [0.1, 0.15) is 18.2 Å². The highest BCUT2D eigenvalue weighted by molar-refractivity contribution is 5.81. The number of hydrogen-bond donors (Lipinski definition) is 1. The fraction of sp³-hybridized carbons (Fsp3) is 0.462. The molecule has 1 atom stereocenters. The molecule has 1 unspecified atom stereocenters. The van der Waals surface area contributed by atoms with E-state index in [1.165, 1.54) is 5.56 Å². The van der Waals surface area contributed by atoms with E-state index in [0.717, 1.165) is 29.0 Å². The lowest BCUT2D eigenvalue weighted by Gasteiger charge is -2.17. The Balaban J connectivity index is 1.65. The summed E-state index contributed by atoms with van der Waals surface area (Å²) in [6.45, 7) is 12.0. The summed E-state index contributed by atoms with van der Waals surface area (Å²) in [5, 5.41) is 3.02. The molecule has 0 bridgehead atoms. The summed E-state index contributed by atoms with van der Waals surface area (Å²) in [5.74, 6) is 2.47. The summed E-state index contributed by atoms with van der Waals surface area (Å²) in [6, 6.07) is 16.5. The molecule has 0 fully saturated rings. The van der Waals surface area contributed by atoms with E-state index in [-0.39, 0.29) is 5.91 Å². The molecule has 0 aliphatic heterocycles. The Bertz CT molecular complexity index is 1000. The zero-order valence-electron chi connectivity index (χ0n) is 19.4. The molecule has 31 heavy (non-hydrogen) atoms. The molecule has 3 rings (SSSR count). The molecule has 0 aliphatic rings. The van der Waals surface area contributed by atoms with Gasteiger partial charge in [-0.2, -0.15) is 0 Å². The first kappa shape index (κ1) is 22.9. The molecular weight excluding hydrogens is 386 g/mol. The van der Waals surface area contributed by atoms with Crippen LogP contribution in [0.4, 0.5) is 0 Å². The Kier molecular flexibility index (Phi) is 7.37. The third-order valence-corrected chi connectivity index (χ3v) is 5.69. The molecule has 0 saturated heterocycles. The van der Waals surface area contributed by atoms with Gasteiger partial charge in [-0.05, 0) is 42.2 Å². The maximum Gasteiger partial charge on any atom is 0.225 e. The highest BCUT2D eigenvalue weighted by Gasteiger charge is 2.20. The lowest BCUT2D eigenvalue weighted by molar-refractivity contribution is -0.128. The molecule has 1 N–H and O–H groups in total. The predicted molar refractivity (Wildman–Crippen MR) is 127 cm³/mol. The van der Waals surface area contributed by atoms with Crippen molar-refractivity contribution in [3.05, 3.63) is 59.9 Å². The molecule has 0 aliphatic carbocycles. The molecule has 5 heteroatoms. The molecular formula is C26H35N3O2. The molecule has 0 saturated carbocycles. The summed E-state index contributed by atoms with van der Waals surface area (Å²) in [4.78, 5) is 17.0. The smallest absolute Gasteiger partial charge is 0.225 e. The molecule has 2 aromatic carbocycles. The topological polar surface area (TPSA) is 56.1 Å². The van der Waals surface area contributed by atoms with Crippen molar-refractivity contribution < 1.29 is 9.53 Å². The van der Waals surface area contributed by atoms with Crippen LogP contribution in [0.1, 0.15) is 58.3 Å². The highest BCUT2D eigenvalue weighted by atomic mass is 16.5. The number of carbonyl (C=O) groups excluding carboxylic acids is 1. The second-order valence-corrected chi connectivity index (χ2v) is 9.15. The monoisotopic (exact) mass is 421 g/mol. The predicted octanol–water partition coefficient (Wildman–Crippen LogP) is 5.33. The summed E-state index contributed by atoms with van der Waals surface area (Å²) in [5.41, 5.74) is 3.02. The van der Waals surface area contributed by atoms with E-state index in [1.54, 1.807) is 0 Å². The van der Waals surface area contributed by atoms with E-state index in [9.17, 15) is 4.79 Å². The van der Waals surface area contributed by atoms with Crippen LogP contribution in [0.3, 0.4) is 0 Å². The second-order valence-electron chi connectivity index (χ2n) is 9.15. The van der Waals surface area contributed by atoms with Crippen LogP contribution < -0.4 is 10.1 Å². The lowest BCUT2D eigenvalue weighted by atomic mass is 9.96. The number of hydrogen-bond acceptors (Lipinski definition) is 3. The standard InChI is InChI=1S/C26H35N3O2/c1-6-19(2)20-11-13-21(14-12-20)31-18-17-29-23-10-8-7-9-22(23)28-24(29)15-16-27-25(30)26(3,4)5/h7-14,19H,6,15-18H2,1-5H3,(H,27,30). The molecule has 5 nitrogen and oxygen atoms in total. The summed E-state index contributed by atoms with van der Waals surface area (Å²) in [7, 11) is 0. The average Bonchev–Trinajstić information content (AvgIpc) is 3.10. The Morgan fingerprint density at radius 1 is 1.13 bits per heavy atom. The van der Waals surface area contributed by atoms with Crippen molar-refractivity contribution in [2.75, 3.05) is 13.2 Å². The first-order valence-electron chi connectivity index (χ1n) is 11.2. The number of fused-ring (bicyclic) bond motifs is 1. The fourth-order valence-electron chi connectivity index (χ4n) is 3.50. The Morgan fingerprint density at radius 2 is 1.84 bits per heavy atom. The summed E-state index contributed by atoms with van der Waals surface area (Å²) in [6.07, 6.45) is 1.81. The van der Waals surface area contributed by atoms with Gasteiger partial charge in [-0.25, -0.2) is 4.98 Å². The number of carbonyl (C=O) groups is 1. The molecule has 1 amide bonds. The van der Waals surface area contributed by atoms with Crippen molar-refractivity contribution in [1.29, 1.82) is 0 Å². The number of benzene rings is 2. The fourth-order valence-corrected chi connectivity index (χ4v) is 3.50. The van der Waals surface area contributed by atoms with E-state index < -0.39 is 5.41 Å². The maximum absolute atomic E-state index is 12.2. The van der Waals surface area contributed by atoms with Gasteiger partial charge in [0.05, 0.1) is 17.6 Å². The van der Waals surface area contributed by atoms with Gasteiger partial charge in [0.25, 0.3) is 0 Å². The third-order valence-electron chi connectivity index (χ3n) is 5.69. The number of rotatable bonds is 9. The van der Waals surface area contributed by atoms with Gasteiger partial charge in [-0.15, -0.1) is 0 Å². The van der Waals surface area contributed by atoms with Crippen LogP contribution in [0, 0.1) is 5.41 Å². The normalized spacial score (nSPS) is 12.7. The van der Waals surface area contributed by atoms with Crippen molar-refractivity contribution in [3.8, 4) is 5.75 Å². The van der Waals surface area contributed by atoms with Gasteiger partial charge in [0.2, 0.25) is 5.91 Å². The Hall–Kier alpha value is -2.82. The highest BCUT2D eigenvalue weighted by Crippen LogP contribution is 2.22. The van der Waals surface area contributed by atoms with Gasteiger partial charge in [0, 0.05) is 18.4 Å². The SMILES string of the molecule is CCC(C)c1ccc(OCCn2c(CCNC(=O)C(C)(C)C)nc3ccccc32)cc1. The van der Waals surface area contributed by atoms with Crippen LogP contribution in [0.5, 0.6) is 5.75 Å². The first-order valence-corrected chi connectivity index (χ1v) is 11.2. The van der Waals surface area contributed by atoms with Crippen LogP contribution in [-0.4, -0.2) is 28.6 Å².